The number of likely N-dealkylation sites (tertiary alicyclic amines) is 1. The zero-order chi connectivity index (χ0) is 16.2. The van der Waals surface area contributed by atoms with Crippen molar-refractivity contribution in [2.24, 2.45) is 5.92 Å². The number of carbonyl (C=O) groups excluding carboxylic acids is 1. The second-order valence-electron chi connectivity index (χ2n) is 6.78. The summed E-state index contributed by atoms with van der Waals surface area (Å²) in [5.41, 5.74) is 1.50. The SMILES string of the molecule is Cc1nc(NCCCN2CCCC(C)C2)c2c(n1)C(=O)NCC2. The van der Waals surface area contributed by atoms with Crippen LogP contribution >= 0.6 is 0 Å². The fourth-order valence-corrected chi connectivity index (χ4v) is 3.55. The molecule has 1 saturated heterocycles. The molecule has 3 heterocycles. The Morgan fingerprint density at radius 3 is 3.09 bits per heavy atom. The van der Waals surface area contributed by atoms with E-state index < -0.39 is 0 Å². The zero-order valence-corrected chi connectivity index (χ0v) is 14.2. The maximum absolute atomic E-state index is 11.9. The molecule has 3 rings (SSSR count). The summed E-state index contributed by atoms with van der Waals surface area (Å²) < 4.78 is 0. The summed E-state index contributed by atoms with van der Waals surface area (Å²) in [6, 6.07) is 0. The number of rotatable bonds is 5. The predicted molar refractivity (Wildman–Crippen MR) is 90.8 cm³/mol. The molecule has 2 aliphatic heterocycles. The maximum Gasteiger partial charge on any atom is 0.270 e. The number of nitrogens with one attached hydrogen (secondary N) is 2. The summed E-state index contributed by atoms with van der Waals surface area (Å²) in [6.07, 6.45) is 4.58. The van der Waals surface area contributed by atoms with Crippen LogP contribution in [0.1, 0.15) is 48.1 Å². The number of hydrogen-bond acceptors (Lipinski definition) is 5. The standard InChI is InChI=1S/C17H27N5O/c1-12-5-3-9-22(11-12)10-4-7-18-16-14-6-8-19-17(23)15(14)20-13(2)21-16/h12H,3-11H2,1-2H3,(H,19,23)(H,18,20,21). The number of aromatic nitrogens is 2. The van der Waals surface area contributed by atoms with Crippen molar-refractivity contribution in [3.63, 3.8) is 0 Å². The lowest BCUT2D eigenvalue weighted by atomic mass is 10.0. The molecule has 2 N–H and O–H groups in total. The summed E-state index contributed by atoms with van der Waals surface area (Å²) in [7, 11) is 0. The molecule has 0 saturated carbocycles. The van der Waals surface area contributed by atoms with E-state index in [1.807, 2.05) is 6.92 Å². The number of nitrogens with zero attached hydrogens (tertiary/aromatic N) is 3. The Labute approximate surface area is 138 Å². The van der Waals surface area contributed by atoms with Gasteiger partial charge in [0.25, 0.3) is 5.91 Å². The molecule has 0 spiro atoms. The number of hydrogen-bond donors (Lipinski definition) is 2. The Kier molecular flexibility index (Phi) is 5.10. The van der Waals surface area contributed by atoms with E-state index in [1.54, 1.807) is 0 Å². The molecule has 6 nitrogen and oxygen atoms in total. The predicted octanol–water partition coefficient (Wildman–Crippen LogP) is 1.60. The highest BCUT2D eigenvalue weighted by Crippen LogP contribution is 2.20. The Hall–Kier alpha value is -1.69. The van der Waals surface area contributed by atoms with Crippen molar-refractivity contribution in [1.82, 2.24) is 20.2 Å². The lowest BCUT2D eigenvalue weighted by molar-refractivity contribution is 0.0940. The van der Waals surface area contributed by atoms with Gasteiger partial charge >= 0.3 is 0 Å². The third kappa shape index (κ3) is 3.99. The van der Waals surface area contributed by atoms with Gasteiger partial charge in [-0.05, 0) is 51.6 Å². The smallest absolute Gasteiger partial charge is 0.270 e. The minimum atomic E-state index is -0.0814. The average molecular weight is 317 g/mol. The van der Waals surface area contributed by atoms with Crippen LogP contribution in [0, 0.1) is 12.8 Å². The molecule has 1 aromatic heterocycles. The van der Waals surface area contributed by atoms with Crippen LogP contribution < -0.4 is 10.6 Å². The van der Waals surface area contributed by atoms with Crippen molar-refractivity contribution >= 4 is 11.7 Å². The molecule has 23 heavy (non-hydrogen) atoms. The number of piperidine rings is 1. The Balaban J connectivity index is 1.55. The second-order valence-corrected chi connectivity index (χ2v) is 6.78. The normalized spacial score (nSPS) is 21.7. The second kappa shape index (κ2) is 7.25. The first-order valence-electron chi connectivity index (χ1n) is 8.75. The molecule has 0 aromatic carbocycles. The molecule has 1 unspecified atom stereocenters. The minimum Gasteiger partial charge on any atom is -0.370 e. The van der Waals surface area contributed by atoms with Crippen LogP contribution in [0.4, 0.5) is 5.82 Å². The molecule has 126 valence electrons. The molecule has 1 fully saturated rings. The molecule has 0 aliphatic carbocycles. The van der Waals surface area contributed by atoms with E-state index in [-0.39, 0.29) is 5.91 Å². The van der Waals surface area contributed by atoms with Crippen molar-refractivity contribution < 1.29 is 4.79 Å². The molecule has 2 aliphatic rings. The number of aryl methyl sites for hydroxylation is 1. The topological polar surface area (TPSA) is 70.2 Å². The Morgan fingerprint density at radius 2 is 2.26 bits per heavy atom. The first kappa shape index (κ1) is 16.2. The van der Waals surface area contributed by atoms with Gasteiger partial charge in [0.05, 0.1) is 0 Å². The van der Waals surface area contributed by atoms with Gasteiger partial charge in [-0.15, -0.1) is 0 Å². The molecule has 0 bridgehead atoms. The van der Waals surface area contributed by atoms with Crippen LogP contribution in [-0.4, -0.2) is 53.5 Å². The van der Waals surface area contributed by atoms with Crippen molar-refractivity contribution in [3.05, 3.63) is 17.1 Å². The molecular formula is C17H27N5O. The molecule has 0 radical (unpaired) electrons. The molecular weight excluding hydrogens is 290 g/mol. The highest BCUT2D eigenvalue weighted by atomic mass is 16.1. The van der Waals surface area contributed by atoms with E-state index in [1.165, 1.54) is 25.9 Å². The quantitative estimate of drug-likeness (QED) is 0.807. The van der Waals surface area contributed by atoms with Gasteiger partial charge in [0, 0.05) is 25.2 Å². The highest BCUT2D eigenvalue weighted by Gasteiger charge is 2.22. The van der Waals surface area contributed by atoms with Gasteiger partial charge < -0.3 is 15.5 Å². The molecule has 1 amide bonds. The Morgan fingerprint density at radius 1 is 1.39 bits per heavy atom. The Bertz CT molecular complexity index is 574. The number of fused-ring (bicyclic) bond motifs is 1. The van der Waals surface area contributed by atoms with E-state index in [0.717, 1.165) is 43.2 Å². The third-order valence-corrected chi connectivity index (χ3v) is 4.68. The summed E-state index contributed by atoms with van der Waals surface area (Å²) in [6.45, 7) is 9.31. The van der Waals surface area contributed by atoms with Crippen LogP contribution in [0.25, 0.3) is 0 Å². The zero-order valence-electron chi connectivity index (χ0n) is 14.2. The van der Waals surface area contributed by atoms with E-state index in [4.69, 9.17) is 0 Å². The fourth-order valence-electron chi connectivity index (χ4n) is 3.55. The van der Waals surface area contributed by atoms with Crippen LogP contribution in [-0.2, 0) is 6.42 Å². The van der Waals surface area contributed by atoms with Crippen molar-refractivity contribution in [2.45, 2.75) is 39.5 Å². The van der Waals surface area contributed by atoms with E-state index in [0.29, 0.717) is 18.1 Å². The van der Waals surface area contributed by atoms with E-state index >= 15 is 0 Å². The monoisotopic (exact) mass is 317 g/mol. The number of carbonyl (C=O) groups is 1. The number of anilines is 1. The third-order valence-electron chi connectivity index (χ3n) is 4.68. The van der Waals surface area contributed by atoms with E-state index in [2.05, 4.69) is 32.4 Å². The van der Waals surface area contributed by atoms with Gasteiger partial charge in [0.15, 0.2) is 0 Å². The van der Waals surface area contributed by atoms with Crippen molar-refractivity contribution in [2.75, 3.05) is 38.0 Å². The van der Waals surface area contributed by atoms with Crippen LogP contribution in [0.2, 0.25) is 0 Å². The first-order chi connectivity index (χ1) is 11.1. The summed E-state index contributed by atoms with van der Waals surface area (Å²) >= 11 is 0. The largest absolute Gasteiger partial charge is 0.370 e. The summed E-state index contributed by atoms with van der Waals surface area (Å²) in [5.74, 6) is 2.23. The number of amides is 1. The summed E-state index contributed by atoms with van der Waals surface area (Å²) in [4.78, 5) is 23.3. The van der Waals surface area contributed by atoms with Crippen molar-refractivity contribution in [3.8, 4) is 0 Å². The lowest BCUT2D eigenvalue weighted by Crippen LogP contribution is -2.36. The van der Waals surface area contributed by atoms with Gasteiger partial charge in [-0.2, -0.15) is 0 Å². The van der Waals surface area contributed by atoms with Gasteiger partial charge in [0.1, 0.15) is 17.3 Å². The fraction of sp³-hybridized carbons (Fsp3) is 0.706. The van der Waals surface area contributed by atoms with Gasteiger partial charge in [-0.25, -0.2) is 9.97 Å². The van der Waals surface area contributed by atoms with Crippen LogP contribution in [0.15, 0.2) is 0 Å². The van der Waals surface area contributed by atoms with Gasteiger partial charge in [-0.1, -0.05) is 6.92 Å². The van der Waals surface area contributed by atoms with Crippen molar-refractivity contribution in [1.29, 1.82) is 0 Å². The van der Waals surface area contributed by atoms with Gasteiger partial charge in [-0.3, -0.25) is 4.79 Å². The highest BCUT2D eigenvalue weighted by molar-refractivity contribution is 5.95. The maximum atomic E-state index is 11.9. The average Bonchev–Trinajstić information content (AvgIpc) is 2.52. The summed E-state index contributed by atoms with van der Waals surface area (Å²) in [5, 5.41) is 6.27. The van der Waals surface area contributed by atoms with Crippen LogP contribution in [0.3, 0.4) is 0 Å². The minimum absolute atomic E-state index is 0.0814. The first-order valence-corrected chi connectivity index (χ1v) is 8.75. The molecule has 1 atom stereocenters. The van der Waals surface area contributed by atoms with E-state index in [9.17, 15) is 4.79 Å². The lowest BCUT2D eigenvalue weighted by Gasteiger charge is -2.30. The van der Waals surface area contributed by atoms with Crippen LogP contribution in [0.5, 0.6) is 0 Å². The van der Waals surface area contributed by atoms with Gasteiger partial charge in [0.2, 0.25) is 0 Å². The molecule has 6 heteroatoms. The molecule has 1 aromatic rings.